The van der Waals surface area contributed by atoms with Crippen LogP contribution in [0.5, 0.6) is 0 Å². The van der Waals surface area contributed by atoms with E-state index in [-0.39, 0.29) is 0 Å². The third-order valence-corrected chi connectivity index (χ3v) is 3.56. The van der Waals surface area contributed by atoms with Crippen LogP contribution in [0.25, 0.3) is 0 Å². The second kappa shape index (κ2) is 6.43. The molecule has 2 aromatic rings. The summed E-state index contributed by atoms with van der Waals surface area (Å²) in [5, 5.41) is 24.9. The van der Waals surface area contributed by atoms with Gasteiger partial charge in [-0.3, -0.25) is 0 Å². The maximum Gasteiger partial charge on any atom is 0.0991 e. The predicted octanol–water partition coefficient (Wildman–Crippen LogP) is 2.15. The first-order valence-electron chi connectivity index (χ1n) is 5.99. The summed E-state index contributed by atoms with van der Waals surface area (Å²) < 4.78 is 0. The van der Waals surface area contributed by atoms with Crippen molar-refractivity contribution >= 4 is 11.3 Å². The van der Waals surface area contributed by atoms with Crippen LogP contribution in [0.1, 0.15) is 27.9 Å². The van der Waals surface area contributed by atoms with Crippen LogP contribution in [0, 0.1) is 18.3 Å². The van der Waals surface area contributed by atoms with Gasteiger partial charge in [-0.15, -0.1) is 11.3 Å². The van der Waals surface area contributed by atoms with Crippen molar-refractivity contribution in [3.8, 4) is 6.07 Å². The van der Waals surface area contributed by atoms with Crippen molar-refractivity contribution in [2.24, 2.45) is 0 Å². The monoisotopic (exact) mass is 273 g/mol. The number of hydrogen-bond acceptors (Lipinski definition) is 5. The SMILES string of the molecule is Cc1nc(CNCC(O)c2ccc(C#N)cc2)cs1. The molecule has 0 amide bonds. The maximum atomic E-state index is 10.0. The fraction of sp³-hybridized carbons (Fsp3) is 0.286. The normalized spacial score (nSPS) is 12.1. The molecule has 0 radical (unpaired) electrons. The molecular weight excluding hydrogens is 258 g/mol. The van der Waals surface area contributed by atoms with Crippen molar-refractivity contribution in [1.29, 1.82) is 5.26 Å². The third-order valence-electron chi connectivity index (χ3n) is 2.73. The highest BCUT2D eigenvalue weighted by atomic mass is 32.1. The summed E-state index contributed by atoms with van der Waals surface area (Å²) in [5.41, 5.74) is 2.40. The Morgan fingerprint density at radius 3 is 2.74 bits per heavy atom. The molecule has 0 saturated heterocycles. The number of aliphatic hydroxyl groups excluding tert-OH is 1. The first-order chi connectivity index (χ1) is 9.19. The van der Waals surface area contributed by atoms with Gasteiger partial charge in [0.25, 0.3) is 0 Å². The summed E-state index contributed by atoms with van der Waals surface area (Å²) in [6.07, 6.45) is -0.576. The van der Waals surface area contributed by atoms with Gasteiger partial charge in [-0.05, 0) is 24.6 Å². The molecule has 0 saturated carbocycles. The van der Waals surface area contributed by atoms with Crippen LogP contribution in [0.3, 0.4) is 0 Å². The van der Waals surface area contributed by atoms with Crippen molar-refractivity contribution in [3.63, 3.8) is 0 Å². The van der Waals surface area contributed by atoms with Crippen LogP contribution in [0.15, 0.2) is 29.6 Å². The highest BCUT2D eigenvalue weighted by Crippen LogP contribution is 2.13. The Hall–Kier alpha value is -1.74. The molecule has 1 aromatic heterocycles. The Morgan fingerprint density at radius 1 is 1.42 bits per heavy atom. The van der Waals surface area contributed by atoms with E-state index in [9.17, 15) is 5.11 Å². The van der Waals surface area contributed by atoms with Crippen LogP contribution in [-0.4, -0.2) is 16.6 Å². The highest BCUT2D eigenvalue weighted by Gasteiger charge is 2.07. The van der Waals surface area contributed by atoms with Crippen molar-refractivity contribution in [2.45, 2.75) is 19.6 Å². The molecule has 0 aliphatic carbocycles. The van der Waals surface area contributed by atoms with E-state index < -0.39 is 6.10 Å². The lowest BCUT2D eigenvalue weighted by Gasteiger charge is -2.11. The van der Waals surface area contributed by atoms with Gasteiger partial charge in [-0.1, -0.05) is 12.1 Å². The molecule has 19 heavy (non-hydrogen) atoms. The molecule has 0 aliphatic heterocycles. The zero-order chi connectivity index (χ0) is 13.7. The van der Waals surface area contributed by atoms with E-state index in [1.165, 1.54) is 0 Å². The first kappa shape index (κ1) is 13.7. The van der Waals surface area contributed by atoms with Gasteiger partial charge in [-0.2, -0.15) is 5.26 Å². The van der Waals surface area contributed by atoms with E-state index in [0.29, 0.717) is 18.7 Å². The van der Waals surface area contributed by atoms with Crippen LogP contribution in [0.4, 0.5) is 0 Å². The lowest BCUT2D eigenvalue weighted by atomic mass is 10.1. The van der Waals surface area contributed by atoms with Gasteiger partial charge in [0.2, 0.25) is 0 Å². The maximum absolute atomic E-state index is 10.0. The number of aliphatic hydroxyl groups is 1. The highest BCUT2D eigenvalue weighted by molar-refractivity contribution is 7.09. The van der Waals surface area contributed by atoms with Gasteiger partial charge in [0.1, 0.15) is 0 Å². The van der Waals surface area contributed by atoms with Crippen LogP contribution < -0.4 is 5.32 Å². The molecule has 1 unspecified atom stereocenters. The number of nitrogens with zero attached hydrogens (tertiary/aromatic N) is 2. The zero-order valence-electron chi connectivity index (χ0n) is 10.6. The average molecular weight is 273 g/mol. The average Bonchev–Trinajstić information content (AvgIpc) is 2.84. The second-order valence-electron chi connectivity index (χ2n) is 4.24. The van der Waals surface area contributed by atoms with Crippen molar-refractivity contribution in [2.75, 3.05) is 6.54 Å². The number of hydrogen-bond donors (Lipinski definition) is 2. The molecule has 0 fully saturated rings. The summed E-state index contributed by atoms with van der Waals surface area (Å²) in [5.74, 6) is 0. The quantitative estimate of drug-likeness (QED) is 0.875. The lowest BCUT2D eigenvalue weighted by Crippen LogP contribution is -2.21. The van der Waals surface area contributed by atoms with Gasteiger partial charge in [0.05, 0.1) is 28.4 Å². The Balaban J connectivity index is 1.83. The van der Waals surface area contributed by atoms with Crippen molar-refractivity contribution < 1.29 is 5.11 Å². The van der Waals surface area contributed by atoms with Gasteiger partial charge < -0.3 is 10.4 Å². The van der Waals surface area contributed by atoms with Gasteiger partial charge in [0.15, 0.2) is 0 Å². The van der Waals surface area contributed by atoms with Crippen LogP contribution in [0.2, 0.25) is 0 Å². The molecule has 0 aliphatic rings. The third kappa shape index (κ3) is 3.86. The second-order valence-corrected chi connectivity index (χ2v) is 5.30. The summed E-state index contributed by atoms with van der Waals surface area (Å²) >= 11 is 1.62. The Labute approximate surface area is 116 Å². The summed E-state index contributed by atoms with van der Waals surface area (Å²) in [7, 11) is 0. The van der Waals surface area contributed by atoms with E-state index in [2.05, 4.69) is 16.4 Å². The molecule has 1 heterocycles. The molecule has 4 nitrogen and oxygen atoms in total. The molecule has 2 N–H and O–H groups in total. The molecule has 5 heteroatoms. The number of nitrogens with one attached hydrogen (secondary N) is 1. The smallest absolute Gasteiger partial charge is 0.0991 e. The number of aromatic nitrogens is 1. The summed E-state index contributed by atoms with van der Waals surface area (Å²) in [6, 6.07) is 9.03. The minimum absolute atomic E-state index is 0.461. The molecular formula is C14H15N3OS. The number of thiazole rings is 1. The van der Waals surface area contributed by atoms with Gasteiger partial charge in [-0.25, -0.2) is 4.98 Å². The number of aryl methyl sites for hydroxylation is 1. The number of nitriles is 1. The topological polar surface area (TPSA) is 68.9 Å². The largest absolute Gasteiger partial charge is 0.387 e. The van der Waals surface area contributed by atoms with E-state index in [0.717, 1.165) is 16.3 Å². The molecule has 0 spiro atoms. The Kier molecular flexibility index (Phi) is 4.63. The molecule has 1 aromatic carbocycles. The lowest BCUT2D eigenvalue weighted by molar-refractivity contribution is 0.174. The van der Waals surface area contributed by atoms with E-state index in [4.69, 9.17) is 5.26 Å². The van der Waals surface area contributed by atoms with E-state index in [1.807, 2.05) is 12.3 Å². The standard InChI is InChI=1S/C14H15N3OS/c1-10-17-13(9-19-10)7-16-8-14(18)12-4-2-11(6-15)3-5-12/h2-5,9,14,16,18H,7-8H2,1H3. The Bertz CT molecular complexity index is 571. The predicted molar refractivity (Wildman–Crippen MR) is 74.7 cm³/mol. The number of rotatable bonds is 5. The molecule has 0 bridgehead atoms. The molecule has 1 atom stereocenters. The fourth-order valence-electron chi connectivity index (χ4n) is 1.72. The minimum Gasteiger partial charge on any atom is -0.387 e. The Morgan fingerprint density at radius 2 is 2.16 bits per heavy atom. The van der Waals surface area contributed by atoms with Gasteiger partial charge >= 0.3 is 0 Å². The summed E-state index contributed by atoms with van der Waals surface area (Å²) in [6.45, 7) is 3.08. The van der Waals surface area contributed by atoms with Crippen LogP contribution in [-0.2, 0) is 6.54 Å². The van der Waals surface area contributed by atoms with E-state index >= 15 is 0 Å². The van der Waals surface area contributed by atoms with Crippen molar-refractivity contribution in [3.05, 3.63) is 51.5 Å². The first-order valence-corrected chi connectivity index (χ1v) is 6.87. The van der Waals surface area contributed by atoms with Crippen molar-refractivity contribution in [1.82, 2.24) is 10.3 Å². The fourth-order valence-corrected chi connectivity index (χ4v) is 2.34. The molecule has 98 valence electrons. The van der Waals surface area contributed by atoms with E-state index in [1.54, 1.807) is 35.6 Å². The van der Waals surface area contributed by atoms with Crippen LogP contribution >= 0.6 is 11.3 Å². The number of benzene rings is 1. The minimum atomic E-state index is -0.576. The van der Waals surface area contributed by atoms with Gasteiger partial charge in [0, 0.05) is 18.5 Å². The molecule has 2 rings (SSSR count). The zero-order valence-corrected chi connectivity index (χ0v) is 11.4. The summed E-state index contributed by atoms with van der Waals surface area (Å²) in [4.78, 5) is 4.34.